The summed E-state index contributed by atoms with van der Waals surface area (Å²) in [5, 5.41) is 12.6. The van der Waals surface area contributed by atoms with Crippen LogP contribution in [0.4, 0.5) is 0 Å². The third-order valence-electron chi connectivity index (χ3n) is 3.04. The molecule has 1 aromatic rings. The zero-order valence-corrected chi connectivity index (χ0v) is 8.75. The summed E-state index contributed by atoms with van der Waals surface area (Å²) in [7, 11) is 0. The van der Waals surface area contributed by atoms with Crippen LogP contribution in [0.5, 0.6) is 0 Å². The monoisotopic (exact) mass is 191 g/mol. The first kappa shape index (κ1) is 9.69. The van der Waals surface area contributed by atoms with E-state index < -0.39 is 0 Å². The van der Waals surface area contributed by atoms with Gasteiger partial charge in [0.25, 0.3) is 0 Å². The molecule has 0 amide bonds. The molecule has 76 valence electrons. The first-order valence-corrected chi connectivity index (χ1v) is 5.09. The molecule has 0 aromatic heterocycles. The molecule has 0 radical (unpaired) electrons. The molecule has 14 heavy (non-hydrogen) atoms. The number of nitrogens with one attached hydrogen (secondary N) is 1. The summed E-state index contributed by atoms with van der Waals surface area (Å²) in [6.45, 7) is 5.56. The zero-order valence-electron chi connectivity index (χ0n) is 8.75. The van der Waals surface area contributed by atoms with E-state index in [9.17, 15) is 5.11 Å². The lowest BCUT2D eigenvalue weighted by molar-refractivity contribution is 0.226. The fraction of sp³-hybridized carbons (Fsp3) is 0.500. The van der Waals surface area contributed by atoms with Gasteiger partial charge in [-0.3, -0.25) is 0 Å². The largest absolute Gasteiger partial charge is 0.394 e. The van der Waals surface area contributed by atoms with Crippen LogP contribution in [0, 0.1) is 0 Å². The molecule has 1 aliphatic rings. The van der Waals surface area contributed by atoms with Crippen molar-refractivity contribution in [1.29, 1.82) is 0 Å². The molecular formula is C12H17NO. The van der Waals surface area contributed by atoms with Gasteiger partial charge in [-0.2, -0.15) is 0 Å². The lowest BCUT2D eigenvalue weighted by Gasteiger charge is -2.37. The maximum Gasteiger partial charge on any atom is 0.0626 e. The van der Waals surface area contributed by atoms with Gasteiger partial charge in [0, 0.05) is 12.0 Å². The topological polar surface area (TPSA) is 32.3 Å². The molecule has 1 atom stereocenters. The second-order valence-corrected chi connectivity index (χ2v) is 4.59. The lowest BCUT2D eigenvalue weighted by Crippen LogP contribution is -2.42. The van der Waals surface area contributed by atoms with Gasteiger partial charge in [0.05, 0.1) is 12.6 Å². The maximum atomic E-state index is 9.25. The van der Waals surface area contributed by atoms with Gasteiger partial charge in [-0.25, -0.2) is 0 Å². The summed E-state index contributed by atoms with van der Waals surface area (Å²) in [4.78, 5) is 0. The van der Waals surface area contributed by atoms with Crippen molar-refractivity contribution in [1.82, 2.24) is 5.32 Å². The third kappa shape index (κ3) is 1.45. The lowest BCUT2D eigenvalue weighted by atomic mass is 9.77. The average Bonchev–Trinajstić information content (AvgIpc) is 2.18. The summed E-state index contributed by atoms with van der Waals surface area (Å²) >= 11 is 0. The van der Waals surface area contributed by atoms with Crippen LogP contribution >= 0.6 is 0 Å². The highest BCUT2D eigenvalue weighted by molar-refractivity contribution is 5.38. The molecule has 1 aromatic carbocycles. The Labute approximate surface area is 85.0 Å². The number of hydrogen-bond acceptors (Lipinski definition) is 2. The molecule has 1 unspecified atom stereocenters. The molecule has 1 heterocycles. The van der Waals surface area contributed by atoms with Gasteiger partial charge in [-0.05, 0) is 11.1 Å². The van der Waals surface area contributed by atoms with Crippen LogP contribution in [0.25, 0.3) is 0 Å². The van der Waals surface area contributed by atoms with Crippen LogP contribution in [0.15, 0.2) is 24.3 Å². The van der Waals surface area contributed by atoms with E-state index in [1.807, 2.05) is 6.07 Å². The number of benzene rings is 1. The van der Waals surface area contributed by atoms with Crippen molar-refractivity contribution in [2.45, 2.75) is 25.3 Å². The molecular weight excluding hydrogens is 174 g/mol. The Morgan fingerprint density at radius 1 is 1.43 bits per heavy atom. The smallest absolute Gasteiger partial charge is 0.0626 e. The predicted molar refractivity (Wildman–Crippen MR) is 57.3 cm³/mol. The number of fused-ring (bicyclic) bond motifs is 1. The van der Waals surface area contributed by atoms with E-state index in [-0.39, 0.29) is 18.1 Å². The quantitative estimate of drug-likeness (QED) is 0.706. The van der Waals surface area contributed by atoms with E-state index in [0.717, 1.165) is 6.54 Å². The van der Waals surface area contributed by atoms with Crippen molar-refractivity contribution >= 4 is 0 Å². The van der Waals surface area contributed by atoms with E-state index in [1.54, 1.807) is 0 Å². The Balaban J connectivity index is 2.49. The van der Waals surface area contributed by atoms with Crippen LogP contribution in [0.1, 0.15) is 31.0 Å². The molecule has 2 N–H and O–H groups in total. The number of hydrogen-bond donors (Lipinski definition) is 2. The van der Waals surface area contributed by atoms with Crippen LogP contribution in [0.2, 0.25) is 0 Å². The fourth-order valence-electron chi connectivity index (χ4n) is 2.16. The third-order valence-corrected chi connectivity index (χ3v) is 3.04. The van der Waals surface area contributed by atoms with Gasteiger partial charge in [-0.1, -0.05) is 38.1 Å². The summed E-state index contributed by atoms with van der Waals surface area (Å²) in [5.41, 5.74) is 2.77. The highest BCUT2D eigenvalue weighted by Gasteiger charge is 2.31. The summed E-state index contributed by atoms with van der Waals surface area (Å²) in [6, 6.07) is 8.48. The van der Waals surface area contributed by atoms with Gasteiger partial charge in [0.2, 0.25) is 0 Å². The Kier molecular flexibility index (Phi) is 2.33. The second-order valence-electron chi connectivity index (χ2n) is 4.59. The second kappa shape index (κ2) is 3.37. The number of rotatable bonds is 1. The average molecular weight is 191 g/mol. The van der Waals surface area contributed by atoms with E-state index in [2.05, 4.69) is 37.4 Å². The van der Waals surface area contributed by atoms with Crippen molar-refractivity contribution in [3.63, 3.8) is 0 Å². The summed E-state index contributed by atoms with van der Waals surface area (Å²) < 4.78 is 0. The molecule has 0 saturated carbocycles. The molecule has 1 aliphatic heterocycles. The van der Waals surface area contributed by atoms with Crippen LogP contribution in [-0.4, -0.2) is 18.3 Å². The Morgan fingerprint density at radius 3 is 2.86 bits per heavy atom. The van der Waals surface area contributed by atoms with Crippen LogP contribution in [-0.2, 0) is 5.41 Å². The van der Waals surface area contributed by atoms with Gasteiger partial charge in [0.1, 0.15) is 0 Å². The summed E-state index contributed by atoms with van der Waals surface area (Å²) in [6.07, 6.45) is 0. The minimum Gasteiger partial charge on any atom is -0.394 e. The number of aliphatic hydroxyl groups excluding tert-OH is 1. The van der Waals surface area contributed by atoms with Crippen molar-refractivity contribution in [2.75, 3.05) is 13.2 Å². The van der Waals surface area contributed by atoms with Crippen molar-refractivity contribution in [3.05, 3.63) is 35.4 Å². The molecule has 2 rings (SSSR count). The van der Waals surface area contributed by atoms with E-state index in [4.69, 9.17) is 0 Å². The van der Waals surface area contributed by atoms with Gasteiger partial charge in [0.15, 0.2) is 0 Å². The minimum absolute atomic E-state index is 0.110. The van der Waals surface area contributed by atoms with Crippen LogP contribution in [0.3, 0.4) is 0 Å². The fourth-order valence-corrected chi connectivity index (χ4v) is 2.16. The van der Waals surface area contributed by atoms with Gasteiger partial charge >= 0.3 is 0 Å². The van der Waals surface area contributed by atoms with Gasteiger partial charge < -0.3 is 10.4 Å². The first-order valence-electron chi connectivity index (χ1n) is 5.09. The predicted octanol–water partition coefficient (Wildman–Crippen LogP) is 1.60. The molecule has 0 saturated heterocycles. The molecule has 2 heteroatoms. The van der Waals surface area contributed by atoms with E-state index in [0.29, 0.717) is 0 Å². The zero-order chi connectivity index (χ0) is 10.2. The minimum atomic E-state index is 0.110. The highest BCUT2D eigenvalue weighted by atomic mass is 16.3. The molecule has 2 nitrogen and oxygen atoms in total. The van der Waals surface area contributed by atoms with Crippen molar-refractivity contribution < 1.29 is 5.11 Å². The van der Waals surface area contributed by atoms with Crippen molar-refractivity contribution in [2.24, 2.45) is 0 Å². The standard InChI is InChI=1S/C12H17NO/c1-12(2)8-13-11(7-14)9-5-3-4-6-10(9)12/h3-6,11,13-14H,7-8H2,1-2H3. The molecule has 0 aliphatic carbocycles. The van der Waals surface area contributed by atoms with E-state index >= 15 is 0 Å². The molecule has 0 fully saturated rings. The summed E-state index contributed by atoms with van der Waals surface area (Å²) in [5.74, 6) is 0. The van der Waals surface area contributed by atoms with E-state index in [1.165, 1.54) is 11.1 Å². The number of aliphatic hydroxyl groups is 1. The SMILES string of the molecule is CC1(C)CNC(CO)c2ccccc21. The van der Waals surface area contributed by atoms with Crippen molar-refractivity contribution in [3.8, 4) is 0 Å². The maximum absolute atomic E-state index is 9.25. The normalized spacial score (nSPS) is 24.4. The first-order chi connectivity index (χ1) is 6.65. The molecule has 0 bridgehead atoms. The Morgan fingerprint density at radius 2 is 2.14 bits per heavy atom. The Bertz CT molecular complexity index is 333. The van der Waals surface area contributed by atoms with Crippen LogP contribution < -0.4 is 5.32 Å². The Hall–Kier alpha value is -0.860. The molecule has 0 spiro atoms. The van der Waals surface area contributed by atoms with Gasteiger partial charge in [-0.15, -0.1) is 0 Å². The highest BCUT2D eigenvalue weighted by Crippen LogP contribution is 2.33.